The van der Waals surface area contributed by atoms with Crippen molar-refractivity contribution in [1.29, 1.82) is 0 Å². The number of aliphatic imine (C=N–C) groups is 1. The number of anilines is 3. The summed E-state index contributed by atoms with van der Waals surface area (Å²) in [7, 11) is 0. The molecule has 1 fully saturated rings. The van der Waals surface area contributed by atoms with Gasteiger partial charge in [-0.25, -0.2) is 14.8 Å². The first-order valence-corrected chi connectivity index (χ1v) is 10.2. The number of nitrogens with one attached hydrogen (secondary N) is 2. The number of hydrogen-bond acceptors (Lipinski definition) is 5. The molecule has 3 aliphatic heterocycles. The smallest absolute Gasteiger partial charge is 0.382 e. The lowest BCUT2D eigenvalue weighted by atomic mass is 9.97. The number of piperidine rings is 1. The van der Waals surface area contributed by atoms with Crippen LogP contribution in [0.1, 0.15) is 32.6 Å². The van der Waals surface area contributed by atoms with E-state index < -0.39 is 12.1 Å². The number of amidine groups is 1. The van der Waals surface area contributed by atoms with Crippen molar-refractivity contribution >= 4 is 29.2 Å². The van der Waals surface area contributed by atoms with Crippen LogP contribution in [0.4, 0.5) is 35.3 Å². The summed E-state index contributed by atoms with van der Waals surface area (Å²) in [6, 6.07) is 3.18. The highest BCUT2D eigenvalue weighted by atomic mass is 19.4. The minimum Gasteiger partial charge on any atom is -0.382 e. The normalized spacial score (nSPS) is 21.9. The Balaban J connectivity index is 1.57. The van der Waals surface area contributed by atoms with Gasteiger partial charge in [-0.05, 0) is 38.3 Å². The topological polar surface area (TPSA) is 72.9 Å². The molecule has 162 valence electrons. The van der Waals surface area contributed by atoms with Gasteiger partial charge in [0, 0.05) is 38.3 Å². The highest BCUT2D eigenvalue weighted by Gasteiger charge is 2.42. The summed E-state index contributed by atoms with van der Waals surface area (Å²) in [5, 5.41) is 6.08. The zero-order valence-corrected chi connectivity index (χ0v) is 16.8. The molecule has 2 amide bonds. The van der Waals surface area contributed by atoms with Crippen molar-refractivity contribution in [3.63, 3.8) is 0 Å². The molecule has 1 saturated heterocycles. The van der Waals surface area contributed by atoms with E-state index >= 15 is 0 Å². The fourth-order valence-corrected chi connectivity index (χ4v) is 3.99. The van der Waals surface area contributed by atoms with E-state index in [1.807, 2.05) is 13.0 Å². The highest BCUT2D eigenvalue weighted by molar-refractivity contribution is 6.06. The van der Waals surface area contributed by atoms with Crippen molar-refractivity contribution < 1.29 is 18.0 Å². The van der Waals surface area contributed by atoms with Gasteiger partial charge in [-0.15, -0.1) is 0 Å². The number of fused-ring (bicyclic) bond motifs is 1. The third-order valence-electron chi connectivity index (χ3n) is 5.60. The van der Waals surface area contributed by atoms with Crippen LogP contribution in [0.15, 0.2) is 28.9 Å². The van der Waals surface area contributed by atoms with Crippen LogP contribution in [0.3, 0.4) is 0 Å². The van der Waals surface area contributed by atoms with Crippen LogP contribution in [-0.2, 0) is 0 Å². The quantitative estimate of drug-likeness (QED) is 0.720. The molecule has 0 bridgehead atoms. The largest absolute Gasteiger partial charge is 0.393 e. The Kier molecular flexibility index (Phi) is 5.57. The molecule has 4 rings (SSSR count). The molecule has 1 atom stereocenters. The number of hydrogen-bond donors (Lipinski definition) is 2. The molecule has 1 aromatic rings. The highest BCUT2D eigenvalue weighted by Crippen LogP contribution is 2.36. The van der Waals surface area contributed by atoms with E-state index in [2.05, 4.69) is 20.6 Å². The van der Waals surface area contributed by atoms with Gasteiger partial charge in [-0.1, -0.05) is 6.08 Å². The number of rotatable bonds is 1. The number of aromatic nitrogens is 1. The molecule has 30 heavy (non-hydrogen) atoms. The van der Waals surface area contributed by atoms with Crippen LogP contribution in [0.25, 0.3) is 0 Å². The molecule has 1 unspecified atom stereocenters. The number of carbonyl (C=O) groups excluding carboxylic acids is 1. The standard InChI is InChI=1S/C20H25F3N6O/c1-13-5-7-16(25-13)26-19(30)29-11-3-9-24-15-6-8-17(27-18(15)29)28-10-2-4-14(12-28)20(21,22)23/h5-6,8,14,24H,2-4,7,9-12H2,1H3,(H,25,26,30). The number of amides is 2. The van der Waals surface area contributed by atoms with Gasteiger partial charge in [-0.2, -0.15) is 13.2 Å². The molecule has 0 aliphatic carbocycles. The third kappa shape index (κ3) is 4.36. The molecule has 0 aromatic carbocycles. The summed E-state index contributed by atoms with van der Waals surface area (Å²) in [6.07, 6.45) is -0.406. The van der Waals surface area contributed by atoms with Crippen LogP contribution < -0.4 is 20.4 Å². The predicted octanol–water partition coefficient (Wildman–Crippen LogP) is 3.90. The summed E-state index contributed by atoms with van der Waals surface area (Å²) < 4.78 is 39.6. The molecule has 3 aliphatic rings. The Labute approximate surface area is 173 Å². The molecular formula is C20H25F3N6O. The Morgan fingerprint density at radius 1 is 1.27 bits per heavy atom. The van der Waals surface area contributed by atoms with Crippen LogP contribution in [0.5, 0.6) is 0 Å². The van der Waals surface area contributed by atoms with E-state index in [1.54, 1.807) is 21.9 Å². The summed E-state index contributed by atoms with van der Waals surface area (Å²) in [5.41, 5.74) is 1.55. The number of allylic oxidation sites excluding steroid dienone is 1. The van der Waals surface area contributed by atoms with Crippen LogP contribution in [0, 0.1) is 5.92 Å². The maximum Gasteiger partial charge on any atom is 0.393 e. The van der Waals surface area contributed by atoms with Crippen molar-refractivity contribution in [2.45, 2.75) is 38.8 Å². The average molecular weight is 422 g/mol. The molecule has 10 heteroatoms. The fraction of sp³-hybridized carbons (Fsp3) is 0.550. The summed E-state index contributed by atoms with van der Waals surface area (Å²) >= 11 is 0. The summed E-state index contributed by atoms with van der Waals surface area (Å²) in [4.78, 5) is 25.0. The number of alkyl halides is 3. The zero-order chi connectivity index (χ0) is 21.3. The molecule has 1 aromatic heterocycles. The lowest BCUT2D eigenvalue weighted by molar-refractivity contribution is -0.176. The fourth-order valence-electron chi connectivity index (χ4n) is 3.99. The predicted molar refractivity (Wildman–Crippen MR) is 110 cm³/mol. The Hall–Kier alpha value is -2.78. The van der Waals surface area contributed by atoms with Crippen molar-refractivity contribution in [2.24, 2.45) is 10.9 Å². The van der Waals surface area contributed by atoms with Crippen LogP contribution in [-0.4, -0.2) is 49.2 Å². The minimum atomic E-state index is -4.22. The average Bonchev–Trinajstić information content (AvgIpc) is 3.00. The van der Waals surface area contributed by atoms with Gasteiger partial charge in [0.1, 0.15) is 11.7 Å². The first-order valence-electron chi connectivity index (χ1n) is 10.2. The van der Waals surface area contributed by atoms with Gasteiger partial charge < -0.3 is 10.2 Å². The van der Waals surface area contributed by atoms with E-state index in [0.717, 1.165) is 12.1 Å². The maximum atomic E-state index is 13.2. The molecule has 0 spiro atoms. The van der Waals surface area contributed by atoms with E-state index in [-0.39, 0.29) is 19.0 Å². The van der Waals surface area contributed by atoms with Gasteiger partial charge in [0.05, 0.1) is 11.6 Å². The third-order valence-corrected chi connectivity index (χ3v) is 5.60. The molecule has 2 N–H and O–H groups in total. The molecule has 0 saturated carbocycles. The van der Waals surface area contributed by atoms with Gasteiger partial charge >= 0.3 is 12.2 Å². The van der Waals surface area contributed by atoms with Crippen molar-refractivity contribution in [3.8, 4) is 0 Å². The van der Waals surface area contributed by atoms with E-state index in [1.165, 1.54) is 0 Å². The molecule has 4 heterocycles. The zero-order valence-electron chi connectivity index (χ0n) is 16.8. The van der Waals surface area contributed by atoms with Crippen LogP contribution >= 0.6 is 0 Å². The second kappa shape index (κ2) is 8.16. The second-order valence-corrected chi connectivity index (χ2v) is 7.84. The lowest BCUT2D eigenvalue weighted by Crippen LogP contribution is -2.44. The van der Waals surface area contributed by atoms with Crippen molar-refractivity contribution in [1.82, 2.24) is 10.3 Å². The van der Waals surface area contributed by atoms with Crippen molar-refractivity contribution in [3.05, 3.63) is 23.9 Å². The van der Waals surface area contributed by atoms with Crippen LogP contribution in [0.2, 0.25) is 0 Å². The monoisotopic (exact) mass is 422 g/mol. The Morgan fingerprint density at radius 3 is 2.83 bits per heavy atom. The summed E-state index contributed by atoms with van der Waals surface area (Å²) in [5.74, 6) is 0.108. The van der Waals surface area contributed by atoms with Gasteiger partial charge in [0.25, 0.3) is 0 Å². The Bertz CT molecular complexity index is 882. The number of carbonyl (C=O) groups is 1. The number of halogens is 3. The van der Waals surface area contributed by atoms with E-state index in [4.69, 9.17) is 0 Å². The number of urea groups is 1. The minimum absolute atomic E-state index is 0.114. The van der Waals surface area contributed by atoms with Gasteiger partial charge in [0.15, 0.2) is 5.82 Å². The molecule has 0 radical (unpaired) electrons. The van der Waals surface area contributed by atoms with Gasteiger partial charge in [0.2, 0.25) is 0 Å². The van der Waals surface area contributed by atoms with E-state index in [0.29, 0.717) is 55.6 Å². The number of nitrogens with zero attached hydrogens (tertiary/aromatic N) is 4. The molecular weight excluding hydrogens is 397 g/mol. The summed E-state index contributed by atoms with van der Waals surface area (Å²) in [6.45, 7) is 3.40. The number of pyridine rings is 1. The second-order valence-electron chi connectivity index (χ2n) is 7.84. The first-order chi connectivity index (χ1) is 14.3. The lowest BCUT2D eigenvalue weighted by Gasteiger charge is -2.35. The van der Waals surface area contributed by atoms with E-state index in [9.17, 15) is 18.0 Å². The first kappa shape index (κ1) is 20.5. The van der Waals surface area contributed by atoms with Gasteiger partial charge in [-0.3, -0.25) is 10.2 Å². The maximum absolute atomic E-state index is 13.2. The molecule has 7 nitrogen and oxygen atoms in total. The Morgan fingerprint density at radius 2 is 2.10 bits per heavy atom. The van der Waals surface area contributed by atoms with Crippen molar-refractivity contribution in [2.75, 3.05) is 41.3 Å². The SMILES string of the molecule is CC1=CCC(NC(=O)N2CCCNc3ccc(N4CCCC(C(F)(F)F)C4)nc32)=N1.